The molecule has 1 aliphatic carbocycles. The number of ketones is 1. The topological polar surface area (TPSA) is 17.1 Å². The summed E-state index contributed by atoms with van der Waals surface area (Å²) in [5.41, 5.74) is 0.419. The minimum absolute atomic E-state index is 0.419. The number of carbonyl (C=O) groups is 1. The Morgan fingerprint density at radius 1 is 1.54 bits per heavy atom. The summed E-state index contributed by atoms with van der Waals surface area (Å²) < 4.78 is 0. The largest absolute Gasteiger partial charge is 0.300 e. The first-order valence-electron chi connectivity index (χ1n) is 5.51. The van der Waals surface area contributed by atoms with Gasteiger partial charge in [0.05, 0.1) is 0 Å². The van der Waals surface area contributed by atoms with Gasteiger partial charge >= 0.3 is 0 Å². The SMILES string of the molecule is CCC1(C)CCC(=O)CC1C(C)C. The van der Waals surface area contributed by atoms with Crippen LogP contribution in [-0.2, 0) is 4.79 Å². The second-order valence-corrected chi connectivity index (χ2v) is 5.10. The van der Waals surface area contributed by atoms with Gasteiger partial charge in [0, 0.05) is 12.8 Å². The molecular formula is C12H22O. The highest BCUT2D eigenvalue weighted by atomic mass is 16.1. The minimum atomic E-state index is 0.419. The van der Waals surface area contributed by atoms with Crippen molar-refractivity contribution < 1.29 is 4.79 Å². The number of carbonyl (C=O) groups excluding carboxylic acids is 1. The minimum Gasteiger partial charge on any atom is -0.300 e. The molecule has 0 spiro atoms. The number of hydrogen-bond donors (Lipinski definition) is 0. The Kier molecular flexibility index (Phi) is 3.15. The van der Waals surface area contributed by atoms with Gasteiger partial charge in [0.1, 0.15) is 5.78 Å². The zero-order valence-corrected chi connectivity index (χ0v) is 9.39. The first-order valence-corrected chi connectivity index (χ1v) is 5.51. The van der Waals surface area contributed by atoms with Crippen LogP contribution in [0.1, 0.15) is 53.4 Å². The van der Waals surface area contributed by atoms with Crippen LogP contribution in [0.3, 0.4) is 0 Å². The third-order valence-electron chi connectivity index (χ3n) is 3.93. The van der Waals surface area contributed by atoms with Crippen molar-refractivity contribution in [3.63, 3.8) is 0 Å². The Labute approximate surface area is 81.9 Å². The van der Waals surface area contributed by atoms with Crippen LogP contribution in [-0.4, -0.2) is 5.78 Å². The van der Waals surface area contributed by atoms with E-state index in [0.717, 1.165) is 19.3 Å². The molecular weight excluding hydrogens is 160 g/mol. The normalized spacial score (nSPS) is 35.5. The molecule has 1 nitrogen and oxygen atoms in total. The van der Waals surface area contributed by atoms with E-state index < -0.39 is 0 Å². The highest BCUT2D eigenvalue weighted by molar-refractivity contribution is 5.79. The van der Waals surface area contributed by atoms with Crippen LogP contribution < -0.4 is 0 Å². The second-order valence-electron chi connectivity index (χ2n) is 5.10. The van der Waals surface area contributed by atoms with Crippen molar-refractivity contribution in [3.8, 4) is 0 Å². The molecule has 0 bridgehead atoms. The molecule has 1 fully saturated rings. The summed E-state index contributed by atoms with van der Waals surface area (Å²) >= 11 is 0. The van der Waals surface area contributed by atoms with Gasteiger partial charge in [-0.15, -0.1) is 0 Å². The highest BCUT2D eigenvalue weighted by Gasteiger charge is 2.39. The van der Waals surface area contributed by atoms with E-state index in [2.05, 4.69) is 27.7 Å². The summed E-state index contributed by atoms with van der Waals surface area (Å²) in [6.45, 7) is 9.10. The lowest BCUT2D eigenvalue weighted by Gasteiger charge is -2.42. The van der Waals surface area contributed by atoms with Crippen LogP contribution in [0.4, 0.5) is 0 Å². The van der Waals surface area contributed by atoms with E-state index in [1.54, 1.807) is 0 Å². The number of Topliss-reactive ketones (excluding diaryl/α,β-unsaturated/α-hetero) is 1. The Balaban J connectivity index is 2.77. The summed E-state index contributed by atoms with van der Waals surface area (Å²) in [5.74, 6) is 1.73. The molecule has 0 aliphatic heterocycles. The van der Waals surface area contributed by atoms with Gasteiger partial charge in [-0.1, -0.05) is 34.1 Å². The Morgan fingerprint density at radius 3 is 2.62 bits per heavy atom. The first-order chi connectivity index (χ1) is 5.99. The van der Waals surface area contributed by atoms with Crippen molar-refractivity contribution >= 4 is 5.78 Å². The van der Waals surface area contributed by atoms with Gasteiger partial charge in [-0.25, -0.2) is 0 Å². The summed E-state index contributed by atoms with van der Waals surface area (Å²) in [7, 11) is 0. The molecule has 0 amide bonds. The van der Waals surface area contributed by atoms with Crippen molar-refractivity contribution in [3.05, 3.63) is 0 Å². The molecule has 0 radical (unpaired) electrons. The van der Waals surface area contributed by atoms with Crippen molar-refractivity contribution in [2.45, 2.75) is 53.4 Å². The molecule has 1 saturated carbocycles. The molecule has 0 saturated heterocycles. The summed E-state index contributed by atoms with van der Waals surface area (Å²) in [6.07, 6.45) is 3.95. The van der Waals surface area contributed by atoms with Crippen LogP contribution in [0.2, 0.25) is 0 Å². The molecule has 0 heterocycles. The van der Waals surface area contributed by atoms with Gasteiger partial charge in [0.15, 0.2) is 0 Å². The predicted molar refractivity (Wildman–Crippen MR) is 55.6 cm³/mol. The maximum absolute atomic E-state index is 11.4. The van der Waals surface area contributed by atoms with E-state index in [0.29, 0.717) is 23.0 Å². The Morgan fingerprint density at radius 2 is 2.15 bits per heavy atom. The summed E-state index contributed by atoms with van der Waals surface area (Å²) in [6, 6.07) is 0. The van der Waals surface area contributed by atoms with E-state index in [-0.39, 0.29) is 0 Å². The van der Waals surface area contributed by atoms with Crippen molar-refractivity contribution in [2.75, 3.05) is 0 Å². The van der Waals surface area contributed by atoms with Gasteiger partial charge in [-0.2, -0.15) is 0 Å². The van der Waals surface area contributed by atoms with Gasteiger partial charge in [-0.05, 0) is 23.7 Å². The van der Waals surface area contributed by atoms with E-state index in [9.17, 15) is 4.79 Å². The fourth-order valence-electron chi connectivity index (χ4n) is 2.68. The molecule has 1 heteroatoms. The van der Waals surface area contributed by atoms with Gasteiger partial charge in [0.2, 0.25) is 0 Å². The predicted octanol–water partition coefficient (Wildman–Crippen LogP) is 3.43. The van der Waals surface area contributed by atoms with Crippen LogP contribution in [0, 0.1) is 17.3 Å². The molecule has 1 aliphatic rings. The number of rotatable bonds is 2. The average molecular weight is 182 g/mol. The molecule has 13 heavy (non-hydrogen) atoms. The number of hydrogen-bond acceptors (Lipinski definition) is 1. The monoisotopic (exact) mass is 182 g/mol. The molecule has 2 atom stereocenters. The van der Waals surface area contributed by atoms with Crippen LogP contribution in [0.25, 0.3) is 0 Å². The zero-order chi connectivity index (χ0) is 10.1. The molecule has 76 valence electrons. The van der Waals surface area contributed by atoms with Gasteiger partial charge < -0.3 is 0 Å². The van der Waals surface area contributed by atoms with E-state index >= 15 is 0 Å². The third-order valence-corrected chi connectivity index (χ3v) is 3.93. The van der Waals surface area contributed by atoms with Gasteiger partial charge in [-0.3, -0.25) is 4.79 Å². The van der Waals surface area contributed by atoms with Crippen LogP contribution in [0.15, 0.2) is 0 Å². The summed E-state index contributed by atoms with van der Waals surface area (Å²) in [5, 5.41) is 0. The maximum Gasteiger partial charge on any atom is 0.133 e. The smallest absolute Gasteiger partial charge is 0.133 e. The second kappa shape index (κ2) is 3.81. The lowest BCUT2D eigenvalue weighted by molar-refractivity contribution is -0.126. The van der Waals surface area contributed by atoms with E-state index in [1.807, 2.05) is 0 Å². The van der Waals surface area contributed by atoms with Crippen molar-refractivity contribution in [1.82, 2.24) is 0 Å². The zero-order valence-electron chi connectivity index (χ0n) is 9.39. The van der Waals surface area contributed by atoms with Gasteiger partial charge in [0.25, 0.3) is 0 Å². The van der Waals surface area contributed by atoms with Crippen molar-refractivity contribution in [2.24, 2.45) is 17.3 Å². The standard InChI is InChI=1S/C12H22O/c1-5-12(4)7-6-10(13)8-11(12)9(2)3/h9,11H,5-8H2,1-4H3. The fourth-order valence-corrected chi connectivity index (χ4v) is 2.68. The first kappa shape index (κ1) is 10.7. The quantitative estimate of drug-likeness (QED) is 0.639. The molecule has 0 aromatic rings. The average Bonchev–Trinajstić information content (AvgIpc) is 2.09. The maximum atomic E-state index is 11.4. The molecule has 0 N–H and O–H groups in total. The molecule has 0 aromatic carbocycles. The van der Waals surface area contributed by atoms with Crippen LogP contribution >= 0.6 is 0 Å². The summed E-state index contributed by atoms with van der Waals surface area (Å²) in [4.78, 5) is 11.4. The molecule has 1 rings (SSSR count). The lowest BCUT2D eigenvalue weighted by Crippen LogP contribution is -2.37. The Hall–Kier alpha value is -0.330. The lowest BCUT2D eigenvalue weighted by atomic mass is 9.62. The third kappa shape index (κ3) is 2.12. The fraction of sp³-hybridized carbons (Fsp3) is 0.917. The Bertz CT molecular complexity index is 195. The van der Waals surface area contributed by atoms with Crippen molar-refractivity contribution in [1.29, 1.82) is 0 Å². The molecule has 2 unspecified atom stereocenters. The molecule has 0 aromatic heterocycles. The highest BCUT2D eigenvalue weighted by Crippen LogP contribution is 2.45. The van der Waals surface area contributed by atoms with E-state index in [1.165, 1.54) is 6.42 Å². The van der Waals surface area contributed by atoms with E-state index in [4.69, 9.17) is 0 Å². The van der Waals surface area contributed by atoms with Crippen LogP contribution in [0.5, 0.6) is 0 Å².